The SMILES string of the molecule is O=C(NCCN1CCc2ccccc21)C1CCCO1. The number of carbonyl (C=O) groups is 1. The van der Waals surface area contributed by atoms with Crippen LogP contribution in [0.5, 0.6) is 0 Å². The Hall–Kier alpha value is -1.55. The zero-order chi connectivity index (χ0) is 13.1. The number of hydrogen-bond donors (Lipinski definition) is 1. The number of nitrogens with one attached hydrogen (secondary N) is 1. The summed E-state index contributed by atoms with van der Waals surface area (Å²) in [5.41, 5.74) is 2.72. The van der Waals surface area contributed by atoms with E-state index >= 15 is 0 Å². The Labute approximate surface area is 113 Å². The summed E-state index contributed by atoms with van der Waals surface area (Å²) in [7, 11) is 0. The van der Waals surface area contributed by atoms with E-state index in [0.717, 1.165) is 39.0 Å². The predicted molar refractivity (Wildman–Crippen MR) is 74.3 cm³/mol. The van der Waals surface area contributed by atoms with Gasteiger partial charge in [-0.05, 0) is 30.9 Å². The van der Waals surface area contributed by atoms with Crippen molar-refractivity contribution in [1.82, 2.24) is 5.32 Å². The lowest BCUT2D eigenvalue weighted by Gasteiger charge is -2.20. The second kappa shape index (κ2) is 5.61. The Kier molecular flexibility index (Phi) is 3.69. The van der Waals surface area contributed by atoms with E-state index in [1.165, 1.54) is 11.3 Å². The average Bonchev–Trinajstić information content (AvgIpc) is 3.08. The summed E-state index contributed by atoms with van der Waals surface area (Å²) < 4.78 is 5.37. The van der Waals surface area contributed by atoms with Gasteiger partial charge in [-0.3, -0.25) is 4.79 Å². The summed E-state index contributed by atoms with van der Waals surface area (Å²) >= 11 is 0. The molecule has 0 aliphatic carbocycles. The van der Waals surface area contributed by atoms with E-state index in [1.54, 1.807) is 0 Å². The summed E-state index contributed by atoms with van der Waals surface area (Å²) in [5, 5.41) is 2.98. The van der Waals surface area contributed by atoms with Gasteiger partial charge >= 0.3 is 0 Å². The molecule has 2 aliphatic rings. The van der Waals surface area contributed by atoms with E-state index in [4.69, 9.17) is 4.74 Å². The van der Waals surface area contributed by atoms with Crippen LogP contribution in [0, 0.1) is 0 Å². The quantitative estimate of drug-likeness (QED) is 0.888. The summed E-state index contributed by atoms with van der Waals surface area (Å²) in [6.45, 7) is 3.33. The van der Waals surface area contributed by atoms with Gasteiger partial charge in [-0.2, -0.15) is 0 Å². The number of fused-ring (bicyclic) bond motifs is 1. The van der Waals surface area contributed by atoms with Gasteiger partial charge < -0.3 is 15.0 Å². The van der Waals surface area contributed by atoms with Crippen LogP contribution in [0.4, 0.5) is 5.69 Å². The van der Waals surface area contributed by atoms with Crippen molar-refractivity contribution in [3.63, 3.8) is 0 Å². The Balaban J connectivity index is 1.47. The molecule has 4 heteroatoms. The van der Waals surface area contributed by atoms with E-state index in [0.29, 0.717) is 6.54 Å². The molecule has 0 aromatic heterocycles. The van der Waals surface area contributed by atoms with Crippen molar-refractivity contribution < 1.29 is 9.53 Å². The topological polar surface area (TPSA) is 41.6 Å². The third-order valence-corrected chi connectivity index (χ3v) is 3.89. The van der Waals surface area contributed by atoms with Gasteiger partial charge in [0.25, 0.3) is 0 Å². The van der Waals surface area contributed by atoms with Gasteiger partial charge in [-0.25, -0.2) is 0 Å². The van der Waals surface area contributed by atoms with Crippen molar-refractivity contribution in [2.75, 3.05) is 31.1 Å². The minimum Gasteiger partial charge on any atom is -0.369 e. The number of para-hydroxylation sites is 1. The first-order valence-electron chi connectivity index (χ1n) is 7.07. The van der Waals surface area contributed by atoms with Crippen molar-refractivity contribution in [2.45, 2.75) is 25.4 Å². The number of amides is 1. The normalized spacial score (nSPS) is 21.5. The third kappa shape index (κ3) is 2.73. The monoisotopic (exact) mass is 260 g/mol. The standard InChI is InChI=1S/C15H20N2O2/c18-15(14-6-3-11-19-14)16-8-10-17-9-7-12-4-1-2-5-13(12)17/h1-2,4-5,14H,3,6-11H2,(H,16,18). The first-order valence-corrected chi connectivity index (χ1v) is 7.07. The number of carbonyl (C=O) groups excluding carboxylic acids is 1. The maximum absolute atomic E-state index is 11.8. The molecule has 2 aliphatic heterocycles. The smallest absolute Gasteiger partial charge is 0.249 e. The maximum atomic E-state index is 11.8. The first kappa shape index (κ1) is 12.5. The maximum Gasteiger partial charge on any atom is 0.249 e. The lowest BCUT2D eigenvalue weighted by molar-refractivity contribution is -0.129. The van der Waals surface area contributed by atoms with Gasteiger partial charge in [-0.1, -0.05) is 18.2 Å². The number of anilines is 1. The zero-order valence-corrected chi connectivity index (χ0v) is 11.1. The van der Waals surface area contributed by atoms with Crippen LogP contribution in [0.15, 0.2) is 24.3 Å². The second-order valence-electron chi connectivity index (χ2n) is 5.16. The third-order valence-electron chi connectivity index (χ3n) is 3.89. The highest BCUT2D eigenvalue weighted by molar-refractivity contribution is 5.81. The average molecular weight is 260 g/mol. The van der Waals surface area contributed by atoms with Crippen LogP contribution < -0.4 is 10.2 Å². The molecule has 19 heavy (non-hydrogen) atoms. The number of rotatable bonds is 4. The first-order chi connectivity index (χ1) is 9.34. The molecular formula is C15H20N2O2. The van der Waals surface area contributed by atoms with Crippen molar-refractivity contribution in [1.29, 1.82) is 0 Å². The minimum atomic E-state index is -0.217. The fraction of sp³-hybridized carbons (Fsp3) is 0.533. The lowest BCUT2D eigenvalue weighted by atomic mass is 10.2. The predicted octanol–water partition coefficient (Wildman–Crippen LogP) is 1.34. The van der Waals surface area contributed by atoms with Gasteiger partial charge in [0, 0.05) is 31.9 Å². The van der Waals surface area contributed by atoms with E-state index in [2.05, 4.69) is 34.5 Å². The van der Waals surface area contributed by atoms with Gasteiger partial charge in [0.05, 0.1) is 0 Å². The van der Waals surface area contributed by atoms with Crippen molar-refractivity contribution in [3.05, 3.63) is 29.8 Å². The van der Waals surface area contributed by atoms with Gasteiger partial charge in [0.1, 0.15) is 6.10 Å². The van der Waals surface area contributed by atoms with E-state index in [-0.39, 0.29) is 12.0 Å². The van der Waals surface area contributed by atoms with Gasteiger partial charge in [-0.15, -0.1) is 0 Å². The molecule has 0 spiro atoms. The highest BCUT2D eigenvalue weighted by atomic mass is 16.5. The Morgan fingerprint density at radius 1 is 1.42 bits per heavy atom. The molecule has 1 fully saturated rings. The number of benzene rings is 1. The second-order valence-corrected chi connectivity index (χ2v) is 5.16. The molecule has 1 saturated heterocycles. The highest BCUT2D eigenvalue weighted by Crippen LogP contribution is 2.26. The van der Waals surface area contributed by atoms with Crippen LogP contribution in [-0.2, 0) is 16.0 Å². The molecule has 0 saturated carbocycles. The van der Waals surface area contributed by atoms with Crippen LogP contribution in [0.25, 0.3) is 0 Å². The fourth-order valence-corrected chi connectivity index (χ4v) is 2.85. The zero-order valence-electron chi connectivity index (χ0n) is 11.1. The molecule has 0 bridgehead atoms. The van der Waals surface area contributed by atoms with Crippen LogP contribution in [0.3, 0.4) is 0 Å². The number of nitrogens with zero attached hydrogens (tertiary/aromatic N) is 1. The molecule has 0 radical (unpaired) electrons. The molecule has 1 N–H and O–H groups in total. The van der Waals surface area contributed by atoms with Crippen molar-refractivity contribution >= 4 is 11.6 Å². The molecule has 4 nitrogen and oxygen atoms in total. The minimum absolute atomic E-state index is 0.0463. The van der Waals surface area contributed by atoms with E-state index in [9.17, 15) is 4.79 Å². The summed E-state index contributed by atoms with van der Waals surface area (Å²) in [4.78, 5) is 14.1. The molecule has 1 aromatic rings. The number of ether oxygens (including phenoxy) is 1. The number of hydrogen-bond acceptors (Lipinski definition) is 3. The molecule has 3 rings (SSSR count). The molecule has 2 heterocycles. The summed E-state index contributed by atoms with van der Waals surface area (Å²) in [6, 6.07) is 8.49. The van der Waals surface area contributed by atoms with E-state index < -0.39 is 0 Å². The van der Waals surface area contributed by atoms with E-state index in [1.807, 2.05) is 0 Å². The molecule has 1 atom stereocenters. The molecule has 1 unspecified atom stereocenters. The molecular weight excluding hydrogens is 240 g/mol. The fourth-order valence-electron chi connectivity index (χ4n) is 2.85. The van der Waals surface area contributed by atoms with Crippen molar-refractivity contribution in [2.24, 2.45) is 0 Å². The largest absolute Gasteiger partial charge is 0.369 e. The molecule has 1 aromatic carbocycles. The molecule has 1 amide bonds. The lowest BCUT2D eigenvalue weighted by Crippen LogP contribution is -2.39. The van der Waals surface area contributed by atoms with Crippen LogP contribution in [-0.4, -0.2) is 38.3 Å². The summed E-state index contributed by atoms with van der Waals surface area (Å²) in [6.07, 6.45) is 2.75. The van der Waals surface area contributed by atoms with Crippen LogP contribution >= 0.6 is 0 Å². The summed E-state index contributed by atoms with van der Waals surface area (Å²) in [5.74, 6) is 0.0463. The highest BCUT2D eigenvalue weighted by Gasteiger charge is 2.23. The van der Waals surface area contributed by atoms with Crippen LogP contribution in [0.1, 0.15) is 18.4 Å². The van der Waals surface area contributed by atoms with Crippen molar-refractivity contribution in [3.8, 4) is 0 Å². The Bertz CT molecular complexity index is 455. The Morgan fingerprint density at radius 3 is 3.16 bits per heavy atom. The van der Waals surface area contributed by atoms with Crippen LogP contribution in [0.2, 0.25) is 0 Å². The van der Waals surface area contributed by atoms with Gasteiger partial charge in [0.2, 0.25) is 5.91 Å². The Morgan fingerprint density at radius 2 is 2.32 bits per heavy atom. The molecule has 102 valence electrons. The van der Waals surface area contributed by atoms with Gasteiger partial charge in [0.15, 0.2) is 0 Å².